The molecule has 34 heavy (non-hydrogen) atoms. The summed E-state index contributed by atoms with van der Waals surface area (Å²) < 4.78 is 0. The summed E-state index contributed by atoms with van der Waals surface area (Å²) in [6.45, 7) is 4.37. The number of benzene rings is 2. The van der Waals surface area contributed by atoms with Gasteiger partial charge in [0, 0.05) is 35.5 Å². The van der Waals surface area contributed by atoms with Gasteiger partial charge in [0.15, 0.2) is 0 Å². The van der Waals surface area contributed by atoms with Crippen LogP contribution >= 0.6 is 11.6 Å². The molecule has 3 fully saturated rings. The van der Waals surface area contributed by atoms with Crippen molar-refractivity contribution in [3.63, 3.8) is 0 Å². The summed E-state index contributed by atoms with van der Waals surface area (Å²) in [5.74, 6) is 0.718. The Bertz CT molecular complexity index is 1150. The number of hydrogen-bond donors (Lipinski definition) is 3. The van der Waals surface area contributed by atoms with E-state index >= 15 is 0 Å². The number of halogens is 1. The first-order chi connectivity index (χ1) is 16.3. The third-order valence-corrected chi connectivity index (χ3v) is 9.49. The number of hydrogen-bond acceptors (Lipinski definition) is 4. The second kappa shape index (κ2) is 7.97. The fraction of sp³-hybridized carbons (Fsp3) is 0.536. The van der Waals surface area contributed by atoms with Crippen LogP contribution in [0.15, 0.2) is 36.4 Å². The van der Waals surface area contributed by atoms with Crippen LogP contribution in [0.2, 0.25) is 5.02 Å². The van der Waals surface area contributed by atoms with E-state index in [-0.39, 0.29) is 23.6 Å². The van der Waals surface area contributed by atoms with Gasteiger partial charge in [0.2, 0.25) is 5.91 Å². The number of fused-ring (bicyclic) bond motifs is 1. The number of amides is 1. The van der Waals surface area contributed by atoms with E-state index in [0.717, 1.165) is 48.5 Å². The van der Waals surface area contributed by atoms with Crippen molar-refractivity contribution in [2.45, 2.75) is 69.1 Å². The van der Waals surface area contributed by atoms with Crippen molar-refractivity contribution in [2.75, 3.05) is 13.1 Å². The predicted molar refractivity (Wildman–Crippen MR) is 132 cm³/mol. The van der Waals surface area contributed by atoms with Crippen LogP contribution in [0, 0.1) is 18.8 Å². The molecule has 4 atom stereocenters. The third-order valence-electron chi connectivity index (χ3n) is 9.08. The van der Waals surface area contributed by atoms with Crippen LogP contribution in [0.3, 0.4) is 0 Å². The summed E-state index contributed by atoms with van der Waals surface area (Å²) in [5, 5.41) is 26.5. The highest BCUT2D eigenvalue weighted by molar-refractivity contribution is 6.31. The van der Waals surface area contributed by atoms with Crippen molar-refractivity contribution in [1.29, 1.82) is 0 Å². The number of aliphatic hydroxyl groups is 1. The second-order valence-electron chi connectivity index (χ2n) is 11.2. The highest BCUT2D eigenvalue weighted by Crippen LogP contribution is 2.62. The minimum Gasteiger partial charge on any atom is -0.508 e. The number of piperidine rings is 1. The van der Waals surface area contributed by atoms with Crippen LogP contribution < -0.4 is 5.32 Å². The lowest BCUT2D eigenvalue weighted by Crippen LogP contribution is -2.69. The van der Waals surface area contributed by atoms with Gasteiger partial charge in [-0.2, -0.15) is 0 Å². The normalized spacial score (nSPS) is 32.2. The first-order valence-electron chi connectivity index (χ1n) is 12.6. The highest BCUT2D eigenvalue weighted by Gasteiger charge is 2.68. The van der Waals surface area contributed by atoms with E-state index in [1.807, 2.05) is 37.3 Å². The van der Waals surface area contributed by atoms with E-state index in [0.29, 0.717) is 24.4 Å². The van der Waals surface area contributed by atoms with Crippen molar-refractivity contribution in [3.05, 3.63) is 63.7 Å². The summed E-state index contributed by atoms with van der Waals surface area (Å²) in [6.07, 6.45) is 5.25. The number of phenols is 1. The van der Waals surface area contributed by atoms with Gasteiger partial charge in [0.1, 0.15) is 5.75 Å². The maximum Gasteiger partial charge on any atom is 0.223 e. The molecule has 0 aromatic heterocycles. The molecule has 0 radical (unpaired) electrons. The Hall–Kier alpha value is -2.08. The number of rotatable bonds is 5. The van der Waals surface area contributed by atoms with Gasteiger partial charge in [0.05, 0.1) is 5.60 Å². The first-order valence-corrected chi connectivity index (χ1v) is 13.0. The van der Waals surface area contributed by atoms with E-state index in [9.17, 15) is 15.0 Å². The van der Waals surface area contributed by atoms with Crippen molar-refractivity contribution < 1.29 is 15.0 Å². The minimum atomic E-state index is -0.962. The van der Waals surface area contributed by atoms with Crippen LogP contribution in [-0.2, 0) is 23.2 Å². The van der Waals surface area contributed by atoms with Crippen molar-refractivity contribution >= 4 is 17.5 Å². The zero-order valence-electron chi connectivity index (χ0n) is 19.7. The predicted octanol–water partition coefficient (Wildman–Crippen LogP) is 4.09. The number of nitrogens with one attached hydrogen (secondary N) is 1. The molecular formula is C28H33ClN2O3. The Labute approximate surface area is 206 Å². The molecule has 2 aromatic carbocycles. The maximum atomic E-state index is 13.4. The number of aromatic hydroxyl groups is 1. The standard InChI is InChI=1S/C28H33ClN2O3/c1-17-2-3-19(10-24(17)29)15-30-26(33)21-13-27-8-9-31(16-18-4-5-18)25(28(27,34)14-21)11-20-6-7-22(32)12-23(20)27/h2-3,6-7,10,12,18,21,25,32,34H,4-5,8-9,11,13-16H2,1H3,(H,30,33)/t21-,25+,27+,28+/m0/s1. The average molecular weight is 481 g/mol. The summed E-state index contributed by atoms with van der Waals surface area (Å²) in [6, 6.07) is 11.5. The van der Waals surface area contributed by atoms with E-state index < -0.39 is 11.0 Å². The smallest absolute Gasteiger partial charge is 0.223 e. The lowest BCUT2D eigenvalue weighted by atomic mass is 9.56. The fourth-order valence-corrected chi connectivity index (χ4v) is 7.30. The average Bonchev–Trinajstić information content (AvgIpc) is 3.56. The van der Waals surface area contributed by atoms with Crippen molar-refractivity contribution in [2.24, 2.45) is 11.8 Å². The second-order valence-corrected chi connectivity index (χ2v) is 11.6. The van der Waals surface area contributed by atoms with Crippen LogP contribution in [-0.4, -0.2) is 45.8 Å². The number of nitrogens with zero attached hydrogens (tertiary/aromatic N) is 1. The van der Waals surface area contributed by atoms with Gasteiger partial charge < -0.3 is 15.5 Å². The van der Waals surface area contributed by atoms with Gasteiger partial charge in [-0.1, -0.05) is 29.8 Å². The number of carbonyl (C=O) groups excluding carboxylic acids is 1. The molecule has 5 nitrogen and oxygen atoms in total. The van der Waals surface area contributed by atoms with Crippen molar-refractivity contribution in [1.82, 2.24) is 10.2 Å². The number of carbonyl (C=O) groups is 1. The molecule has 2 aromatic rings. The molecule has 3 aliphatic carbocycles. The summed E-state index contributed by atoms with van der Waals surface area (Å²) in [7, 11) is 0. The van der Waals surface area contributed by atoms with Gasteiger partial charge in [-0.05, 0) is 98.4 Å². The Kier molecular flexibility index (Phi) is 5.25. The molecule has 1 aliphatic heterocycles. The summed E-state index contributed by atoms with van der Waals surface area (Å²) >= 11 is 6.26. The number of likely N-dealkylation sites (tertiary alicyclic amines) is 1. The molecule has 2 bridgehead atoms. The Balaban J connectivity index is 1.29. The molecule has 4 aliphatic rings. The molecule has 0 unspecified atom stereocenters. The molecule has 2 saturated carbocycles. The molecule has 6 heteroatoms. The molecule has 3 N–H and O–H groups in total. The van der Waals surface area contributed by atoms with Crippen molar-refractivity contribution in [3.8, 4) is 5.75 Å². The summed E-state index contributed by atoms with van der Waals surface area (Å²) in [5.41, 5.74) is 2.81. The van der Waals surface area contributed by atoms with Gasteiger partial charge in [-0.3, -0.25) is 9.69 Å². The van der Waals surface area contributed by atoms with Crippen LogP contribution in [0.1, 0.15) is 54.4 Å². The Morgan fingerprint density at radius 3 is 2.79 bits per heavy atom. The molecule has 1 saturated heterocycles. The Morgan fingerprint density at radius 1 is 1.21 bits per heavy atom. The zero-order valence-corrected chi connectivity index (χ0v) is 20.4. The topological polar surface area (TPSA) is 72.8 Å². The minimum absolute atomic E-state index is 0.00464. The number of phenolic OH excluding ortho intramolecular Hbond substituents is 1. The largest absolute Gasteiger partial charge is 0.508 e. The molecule has 1 amide bonds. The lowest BCUT2D eigenvalue weighted by Gasteiger charge is -2.59. The van der Waals surface area contributed by atoms with Crippen LogP contribution in [0.25, 0.3) is 0 Å². The van der Waals surface area contributed by atoms with E-state index in [1.54, 1.807) is 6.07 Å². The van der Waals surface area contributed by atoms with E-state index in [2.05, 4.69) is 10.2 Å². The molecule has 180 valence electrons. The van der Waals surface area contributed by atoms with E-state index in [1.165, 1.54) is 18.4 Å². The number of aryl methyl sites for hydroxylation is 1. The lowest BCUT2D eigenvalue weighted by molar-refractivity contribution is -0.134. The zero-order chi connectivity index (χ0) is 23.7. The van der Waals surface area contributed by atoms with Crippen LogP contribution in [0.5, 0.6) is 5.75 Å². The fourth-order valence-electron chi connectivity index (χ4n) is 7.09. The quantitative estimate of drug-likeness (QED) is 0.602. The monoisotopic (exact) mass is 480 g/mol. The molecule has 6 rings (SSSR count). The van der Waals surface area contributed by atoms with Gasteiger partial charge in [-0.25, -0.2) is 0 Å². The molecule has 0 spiro atoms. The van der Waals surface area contributed by atoms with Gasteiger partial charge in [0.25, 0.3) is 0 Å². The Morgan fingerprint density at radius 2 is 2.03 bits per heavy atom. The maximum absolute atomic E-state index is 13.4. The van der Waals surface area contributed by atoms with E-state index in [4.69, 9.17) is 11.6 Å². The molecule has 1 heterocycles. The van der Waals surface area contributed by atoms with Gasteiger partial charge in [-0.15, -0.1) is 0 Å². The summed E-state index contributed by atoms with van der Waals surface area (Å²) in [4.78, 5) is 15.9. The van der Waals surface area contributed by atoms with Crippen LogP contribution in [0.4, 0.5) is 0 Å². The SMILES string of the molecule is Cc1ccc(CNC(=O)[C@H]2C[C@]34CCN(CC5CC5)[C@H](Cc5ccc(O)cc53)[C@]4(O)C2)cc1Cl. The highest BCUT2D eigenvalue weighted by atomic mass is 35.5. The van der Waals surface area contributed by atoms with Gasteiger partial charge >= 0.3 is 0 Å². The third kappa shape index (κ3) is 3.47. The molecular weight excluding hydrogens is 448 g/mol. The first kappa shape index (κ1) is 22.4.